The molecule has 0 aromatic heterocycles. The Hall–Kier alpha value is -2.56. The fraction of sp³-hybridized carbons (Fsp3) is 0.381. The van der Waals surface area contributed by atoms with Crippen molar-refractivity contribution >= 4 is 11.6 Å². The molecule has 1 N–H and O–H groups in total. The second kappa shape index (κ2) is 8.21. The van der Waals surface area contributed by atoms with Crippen LogP contribution in [0, 0.1) is 12.7 Å². The molecule has 1 heterocycles. The smallest absolute Gasteiger partial charge is 0.260 e. The summed E-state index contributed by atoms with van der Waals surface area (Å²) in [6.45, 7) is 5.36. The lowest BCUT2D eigenvalue weighted by Crippen LogP contribution is -2.48. The third kappa shape index (κ3) is 4.75. The number of hydrogen-bond acceptors (Lipinski definition) is 3. The highest BCUT2D eigenvalue weighted by Gasteiger charge is 2.23. The van der Waals surface area contributed by atoms with Gasteiger partial charge >= 0.3 is 0 Å². The topological polar surface area (TPSA) is 41.6 Å². The molecule has 1 unspecified atom stereocenters. The van der Waals surface area contributed by atoms with E-state index in [1.54, 1.807) is 19.1 Å². The molecule has 138 valence electrons. The maximum absolute atomic E-state index is 13.4. The van der Waals surface area contributed by atoms with E-state index >= 15 is 0 Å². The maximum atomic E-state index is 13.4. The van der Waals surface area contributed by atoms with Gasteiger partial charge in [0.1, 0.15) is 11.6 Å². The van der Waals surface area contributed by atoms with E-state index in [-0.39, 0.29) is 17.8 Å². The summed E-state index contributed by atoms with van der Waals surface area (Å²) in [7, 11) is 0. The quantitative estimate of drug-likeness (QED) is 0.888. The minimum absolute atomic E-state index is 0.102. The van der Waals surface area contributed by atoms with E-state index in [0.717, 1.165) is 37.2 Å². The summed E-state index contributed by atoms with van der Waals surface area (Å²) in [5.41, 5.74) is 2.05. The molecule has 4 nitrogen and oxygen atoms in total. The number of piperidine rings is 1. The zero-order chi connectivity index (χ0) is 18.5. The standard InChI is InChI=1S/C21H25FN2O2/c1-15-6-8-20(9-7-15)26-16(2)21(25)23-18-10-12-24(13-11-18)19-5-3-4-17(22)14-19/h3-9,14,16,18H,10-13H2,1-2H3,(H,23,25). The van der Waals surface area contributed by atoms with Gasteiger partial charge < -0.3 is 15.0 Å². The Bertz CT molecular complexity index is 740. The van der Waals surface area contributed by atoms with Crippen LogP contribution in [0.1, 0.15) is 25.3 Å². The Morgan fingerprint density at radius 3 is 2.54 bits per heavy atom. The summed E-state index contributed by atoms with van der Waals surface area (Å²) in [5, 5.41) is 3.07. The summed E-state index contributed by atoms with van der Waals surface area (Å²) >= 11 is 0. The summed E-state index contributed by atoms with van der Waals surface area (Å²) in [6, 6.07) is 14.4. The number of hydrogen-bond donors (Lipinski definition) is 1. The van der Waals surface area contributed by atoms with Crippen LogP contribution in [-0.2, 0) is 4.79 Å². The van der Waals surface area contributed by atoms with Crippen LogP contribution in [0.4, 0.5) is 10.1 Å². The van der Waals surface area contributed by atoms with E-state index in [4.69, 9.17) is 4.74 Å². The van der Waals surface area contributed by atoms with Gasteiger partial charge in [0, 0.05) is 24.8 Å². The average molecular weight is 356 g/mol. The van der Waals surface area contributed by atoms with E-state index in [1.807, 2.05) is 37.3 Å². The molecule has 0 radical (unpaired) electrons. The van der Waals surface area contributed by atoms with Crippen molar-refractivity contribution in [3.05, 3.63) is 59.9 Å². The first-order chi connectivity index (χ1) is 12.5. The number of halogens is 1. The highest BCUT2D eigenvalue weighted by atomic mass is 19.1. The van der Waals surface area contributed by atoms with Crippen molar-refractivity contribution in [3.8, 4) is 5.75 Å². The van der Waals surface area contributed by atoms with Crippen molar-refractivity contribution < 1.29 is 13.9 Å². The van der Waals surface area contributed by atoms with Crippen molar-refractivity contribution in [2.45, 2.75) is 38.8 Å². The normalized spacial score (nSPS) is 16.2. The number of amides is 1. The number of rotatable bonds is 5. The van der Waals surface area contributed by atoms with Crippen LogP contribution in [-0.4, -0.2) is 31.1 Å². The molecule has 1 fully saturated rings. The van der Waals surface area contributed by atoms with E-state index in [1.165, 1.54) is 6.07 Å². The molecule has 0 spiro atoms. The molecule has 1 amide bonds. The van der Waals surface area contributed by atoms with E-state index < -0.39 is 6.10 Å². The minimum Gasteiger partial charge on any atom is -0.481 e. The third-order valence-corrected chi connectivity index (χ3v) is 4.72. The Labute approximate surface area is 154 Å². The number of nitrogens with zero attached hydrogens (tertiary/aromatic N) is 1. The number of benzene rings is 2. The lowest BCUT2D eigenvalue weighted by molar-refractivity contribution is -0.128. The van der Waals surface area contributed by atoms with E-state index in [0.29, 0.717) is 5.75 Å². The first kappa shape index (κ1) is 18.2. The molecule has 2 aromatic carbocycles. The molecule has 0 bridgehead atoms. The minimum atomic E-state index is -0.543. The number of nitrogens with one attached hydrogen (secondary N) is 1. The van der Waals surface area contributed by atoms with Gasteiger partial charge in [-0.1, -0.05) is 23.8 Å². The van der Waals surface area contributed by atoms with E-state index in [2.05, 4.69) is 10.2 Å². The van der Waals surface area contributed by atoms with E-state index in [9.17, 15) is 9.18 Å². The molecular formula is C21H25FN2O2. The molecule has 26 heavy (non-hydrogen) atoms. The number of anilines is 1. The Morgan fingerprint density at radius 1 is 1.19 bits per heavy atom. The number of aryl methyl sites for hydroxylation is 1. The number of carbonyl (C=O) groups is 1. The van der Waals surface area contributed by atoms with Crippen LogP contribution in [0.15, 0.2) is 48.5 Å². The summed E-state index contributed by atoms with van der Waals surface area (Å²) in [6.07, 6.45) is 1.12. The zero-order valence-corrected chi connectivity index (χ0v) is 15.2. The van der Waals surface area contributed by atoms with Gasteiger partial charge in [0.2, 0.25) is 0 Å². The highest BCUT2D eigenvalue weighted by molar-refractivity contribution is 5.81. The van der Waals surface area contributed by atoms with Crippen molar-refractivity contribution in [2.75, 3.05) is 18.0 Å². The van der Waals surface area contributed by atoms with Crippen LogP contribution in [0.5, 0.6) is 5.75 Å². The molecule has 0 aliphatic carbocycles. The lowest BCUT2D eigenvalue weighted by atomic mass is 10.0. The molecule has 2 aromatic rings. The summed E-state index contributed by atoms with van der Waals surface area (Å²) in [5.74, 6) is 0.369. The predicted octanol–water partition coefficient (Wildman–Crippen LogP) is 3.69. The average Bonchev–Trinajstić information content (AvgIpc) is 2.64. The largest absolute Gasteiger partial charge is 0.481 e. The predicted molar refractivity (Wildman–Crippen MR) is 101 cm³/mol. The van der Waals surface area contributed by atoms with Gasteiger partial charge in [0.05, 0.1) is 0 Å². The molecule has 1 atom stereocenters. The molecule has 1 aliphatic rings. The molecule has 5 heteroatoms. The van der Waals surface area contributed by atoms with Gasteiger partial charge in [-0.3, -0.25) is 4.79 Å². The summed E-state index contributed by atoms with van der Waals surface area (Å²) < 4.78 is 19.1. The van der Waals surface area contributed by atoms with Crippen molar-refractivity contribution in [2.24, 2.45) is 0 Å². The van der Waals surface area contributed by atoms with Gasteiger partial charge in [0.15, 0.2) is 6.10 Å². The second-order valence-electron chi connectivity index (χ2n) is 6.82. The van der Waals surface area contributed by atoms with Gasteiger partial charge in [-0.25, -0.2) is 4.39 Å². The Kier molecular flexibility index (Phi) is 5.76. The second-order valence-corrected chi connectivity index (χ2v) is 6.82. The van der Waals surface area contributed by atoms with Crippen LogP contribution < -0.4 is 15.0 Å². The number of carbonyl (C=O) groups excluding carboxylic acids is 1. The van der Waals surface area contributed by atoms with Gasteiger partial charge in [-0.15, -0.1) is 0 Å². The van der Waals surface area contributed by atoms with Crippen LogP contribution >= 0.6 is 0 Å². The number of ether oxygens (including phenoxy) is 1. The van der Waals surface area contributed by atoms with Crippen LogP contribution in [0.25, 0.3) is 0 Å². The zero-order valence-electron chi connectivity index (χ0n) is 15.2. The third-order valence-electron chi connectivity index (χ3n) is 4.72. The highest BCUT2D eigenvalue weighted by Crippen LogP contribution is 2.21. The van der Waals surface area contributed by atoms with Crippen molar-refractivity contribution in [1.29, 1.82) is 0 Å². The van der Waals surface area contributed by atoms with Crippen molar-refractivity contribution in [3.63, 3.8) is 0 Å². The Balaban J connectivity index is 1.47. The van der Waals surface area contributed by atoms with Gasteiger partial charge in [-0.05, 0) is 57.0 Å². The van der Waals surface area contributed by atoms with Crippen molar-refractivity contribution in [1.82, 2.24) is 5.32 Å². The molecule has 3 rings (SSSR count). The van der Waals surface area contributed by atoms with Gasteiger partial charge in [0.25, 0.3) is 5.91 Å². The SMILES string of the molecule is Cc1ccc(OC(C)C(=O)NC2CCN(c3cccc(F)c3)CC2)cc1. The fourth-order valence-corrected chi connectivity index (χ4v) is 3.15. The van der Waals surface area contributed by atoms with Crippen LogP contribution in [0.2, 0.25) is 0 Å². The molecule has 0 saturated carbocycles. The maximum Gasteiger partial charge on any atom is 0.260 e. The molecular weight excluding hydrogens is 331 g/mol. The summed E-state index contributed by atoms with van der Waals surface area (Å²) in [4.78, 5) is 14.5. The monoisotopic (exact) mass is 356 g/mol. The first-order valence-corrected chi connectivity index (χ1v) is 9.05. The molecule has 1 aliphatic heterocycles. The molecule has 1 saturated heterocycles. The first-order valence-electron chi connectivity index (χ1n) is 9.05. The van der Waals surface area contributed by atoms with Gasteiger partial charge in [-0.2, -0.15) is 0 Å². The Morgan fingerprint density at radius 2 is 1.88 bits per heavy atom. The lowest BCUT2D eigenvalue weighted by Gasteiger charge is -2.34. The van der Waals surface area contributed by atoms with Crippen LogP contribution in [0.3, 0.4) is 0 Å². The fourth-order valence-electron chi connectivity index (χ4n) is 3.15.